The van der Waals surface area contributed by atoms with Crippen LogP contribution in [0.25, 0.3) is 22.1 Å². The van der Waals surface area contributed by atoms with Gasteiger partial charge in [0.1, 0.15) is 0 Å². The second kappa shape index (κ2) is 4.71. The summed E-state index contributed by atoms with van der Waals surface area (Å²) in [6.45, 7) is 0. The lowest BCUT2D eigenvalue weighted by atomic mass is 9.95. The smallest absolute Gasteiger partial charge is 0.184 e. The Morgan fingerprint density at radius 3 is 3.00 bits per heavy atom. The van der Waals surface area contributed by atoms with Gasteiger partial charge in [-0.05, 0) is 42.7 Å². The summed E-state index contributed by atoms with van der Waals surface area (Å²) in [4.78, 5) is 7.16. The average molecular weight is 302 g/mol. The predicted molar refractivity (Wildman–Crippen MR) is 84.1 cm³/mol. The summed E-state index contributed by atoms with van der Waals surface area (Å²) in [6, 6.07) is 4.06. The van der Waals surface area contributed by atoms with Crippen molar-refractivity contribution >= 4 is 27.7 Å². The third kappa shape index (κ3) is 1.87. The Bertz CT molecular complexity index is 739. The number of aromatic amines is 1. The zero-order valence-electron chi connectivity index (χ0n) is 10.8. The van der Waals surface area contributed by atoms with Crippen molar-refractivity contribution in [2.75, 3.05) is 5.73 Å². The number of H-pyrrole nitrogens is 1. The number of aryl methyl sites for hydroxylation is 1. The molecule has 0 spiro atoms. The molecule has 102 valence electrons. The van der Waals surface area contributed by atoms with Crippen molar-refractivity contribution in [2.45, 2.75) is 25.7 Å². The fourth-order valence-electron chi connectivity index (χ4n) is 2.73. The second-order valence-corrected chi connectivity index (χ2v) is 7.02. The highest BCUT2D eigenvalue weighted by Gasteiger charge is 2.23. The van der Waals surface area contributed by atoms with Crippen molar-refractivity contribution in [2.24, 2.45) is 0 Å². The van der Waals surface area contributed by atoms with Crippen molar-refractivity contribution in [1.82, 2.24) is 15.2 Å². The van der Waals surface area contributed by atoms with E-state index in [9.17, 15) is 0 Å². The molecule has 0 radical (unpaired) electrons. The minimum absolute atomic E-state index is 0.741. The first-order chi connectivity index (χ1) is 9.83. The fraction of sp³-hybridized carbons (Fsp3) is 0.286. The van der Waals surface area contributed by atoms with Gasteiger partial charge in [-0.1, -0.05) is 6.07 Å². The van der Waals surface area contributed by atoms with E-state index >= 15 is 0 Å². The van der Waals surface area contributed by atoms with E-state index in [1.165, 1.54) is 23.3 Å². The van der Waals surface area contributed by atoms with Gasteiger partial charge in [-0.3, -0.25) is 5.10 Å². The molecule has 4 nitrogen and oxygen atoms in total. The summed E-state index contributed by atoms with van der Waals surface area (Å²) in [5.74, 6) is 1.57. The molecule has 0 aromatic carbocycles. The van der Waals surface area contributed by atoms with Crippen LogP contribution in [-0.2, 0) is 12.8 Å². The Morgan fingerprint density at radius 1 is 1.25 bits per heavy atom. The van der Waals surface area contributed by atoms with E-state index in [1.807, 2.05) is 17.5 Å². The van der Waals surface area contributed by atoms with Crippen LogP contribution < -0.4 is 5.73 Å². The number of rotatable bonds is 2. The average Bonchev–Trinajstić information content (AvgIpc) is 3.16. The van der Waals surface area contributed by atoms with Crippen molar-refractivity contribution in [3.8, 4) is 22.1 Å². The van der Waals surface area contributed by atoms with Crippen LogP contribution in [0.2, 0.25) is 0 Å². The summed E-state index contributed by atoms with van der Waals surface area (Å²) < 4.78 is 0. The number of nitrogens with two attached hydrogens (primary N) is 1. The fourth-order valence-corrected chi connectivity index (χ4v) is 4.55. The van der Waals surface area contributed by atoms with Gasteiger partial charge in [-0.15, -0.1) is 22.7 Å². The van der Waals surface area contributed by atoms with Crippen LogP contribution in [0.1, 0.15) is 23.3 Å². The van der Waals surface area contributed by atoms with Gasteiger partial charge in [-0.2, -0.15) is 5.10 Å². The number of thiophene rings is 2. The van der Waals surface area contributed by atoms with Gasteiger partial charge in [-0.25, -0.2) is 4.98 Å². The Labute approximate surface area is 124 Å². The molecule has 4 rings (SSSR count). The molecule has 0 saturated heterocycles. The topological polar surface area (TPSA) is 67.6 Å². The van der Waals surface area contributed by atoms with E-state index in [1.54, 1.807) is 22.7 Å². The van der Waals surface area contributed by atoms with Crippen LogP contribution >= 0.6 is 22.7 Å². The van der Waals surface area contributed by atoms with Crippen molar-refractivity contribution in [3.05, 3.63) is 28.0 Å². The third-order valence-electron chi connectivity index (χ3n) is 3.66. The number of hydrogen-bond donors (Lipinski definition) is 2. The maximum Gasteiger partial charge on any atom is 0.184 e. The van der Waals surface area contributed by atoms with E-state index in [0.717, 1.165) is 39.9 Å². The first kappa shape index (κ1) is 12.1. The van der Waals surface area contributed by atoms with Gasteiger partial charge in [0, 0.05) is 4.88 Å². The molecule has 6 heteroatoms. The largest absolute Gasteiger partial charge is 0.390 e. The van der Waals surface area contributed by atoms with Gasteiger partial charge in [0.2, 0.25) is 0 Å². The molecule has 3 aromatic heterocycles. The molecule has 20 heavy (non-hydrogen) atoms. The lowest BCUT2D eigenvalue weighted by molar-refractivity contribution is 0.697. The molecule has 3 N–H and O–H groups in total. The maximum absolute atomic E-state index is 6.21. The molecule has 0 aliphatic heterocycles. The van der Waals surface area contributed by atoms with Crippen LogP contribution in [0.5, 0.6) is 0 Å². The lowest BCUT2D eigenvalue weighted by Gasteiger charge is -2.11. The number of hydrogen-bond acceptors (Lipinski definition) is 5. The minimum Gasteiger partial charge on any atom is -0.390 e. The molecule has 1 aliphatic carbocycles. The van der Waals surface area contributed by atoms with E-state index < -0.39 is 0 Å². The molecule has 0 saturated carbocycles. The van der Waals surface area contributed by atoms with Crippen molar-refractivity contribution in [3.63, 3.8) is 0 Å². The van der Waals surface area contributed by atoms with Gasteiger partial charge < -0.3 is 5.73 Å². The molecule has 0 fully saturated rings. The van der Waals surface area contributed by atoms with Gasteiger partial charge >= 0.3 is 0 Å². The highest BCUT2D eigenvalue weighted by Crippen LogP contribution is 2.41. The number of aromatic nitrogens is 3. The summed E-state index contributed by atoms with van der Waals surface area (Å²) >= 11 is 3.36. The minimum atomic E-state index is 0.741. The molecule has 3 heterocycles. The maximum atomic E-state index is 6.21. The standard InChI is InChI=1S/C14H14N4S2/c15-12-11(8-4-1-2-5-9(8)20-12)14-16-13(17-18-14)10-6-3-7-19-10/h3,6-7H,1-2,4-5,15H2,(H,16,17,18). The van der Waals surface area contributed by atoms with Crippen LogP contribution in [-0.4, -0.2) is 15.2 Å². The third-order valence-corrected chi connectivity index (χ3v) is 5.66. The highest BCUT2D eigenvalue weighted by molar-refractivity contribution is 7.16. The Hall–Kier alpha value is -1.66. The Balaban J connectivity index is 1.80. The molecule has 0 amide bonds. The molecular weight excluding hydrogens is 288 g/mol. The lowest BCUT2D eigenvalue weighted by Crippen LogP contribution is -2.00. The summed E-state index contributed by atoms with van der Waals surface area (Å²) in [6.07, 6.45) is 4.74. The highest BCUT2D eigenvalue weighted by atomic mass is 32.1. The van der Waals surface area contributed by atoms with E-state index in [-0.39, 0.29) is 0 Å². The van der Waals surface area contributed by atoms with Gasteiger partial charge in [0.05, 0.1) is 15.4 Å². The van der Waals surface area contributed by atoms with Crippen LogP contribution in [0.3, 0.4) is 0 Å². The number of nitrogen functional groups attached to an aromatic ring is 1. The summed E-state index contributed by atoms with van der Waals surface area (Å²) in [5.41, 5.74) is 8.64. The molecule has 0 bridgehead atoms. The van der Waals surface area contributed by atoms with Crippen LogP contribution in [0.15, 0.2) is 17.5 Å². The Morgan fingerprint density at radius 2 is 2.15 bits per heavy atom. The van der Waals surface area contributed by atoms with Crippen LogP contribution in [0, 0.1) is 0 Å². The van der Waals surface area contributed by atoms with E-state index in [2.05, 4.69) is 15.2 Å². The molecule has 0 unspecified atom stereocenters. The quantitative estimate of drug-likeness (QED) is 0.758. The van der Waals surface area contributed by atoms with Crippen molar-refractivity contribution in [1.29, 1.82) is 0 Å². The summed E-state index contributed by atoms with van der Waals surface area (Å²) in [7, 11) is 0. The van der Waals surface area contributed by atoms with Gasteiger partial charge in [0.25, 0.3) is 0 Å². The zero-order chi connectivity index (χ0) is 13.5. The van der Waals surface area contributed by atoms with E-state index in [4.69, 9.17) is 5.73 Å². The molecule has 0 atom stereocenters. The van der Waals surface area contributed by atoms with Crippen LogP contribution in [0.4, 0.5) is 5.00 Å². The molecule has 1 aliphatic rings. The monoisotopic (exact) mass is 302 g/mol. The molecule has 3 aromatic rings. The summed E-state index contributed by atoms with van der Waals surface area (Å²) in [5, 5.41) is 10.3. The second-order valence-electron chi connectivity index (χ2n) is 4.94. The number of fused-ring (bicyclic) bond motifs is 1. The SMILES string of the molecule is Nc1sc2c(c1-c1n[nH]c(-c3cccs3)n1)CCCC2. The first-order valence-corrected chi connectivity index (χ1v) is 8.39. The molecular formula is C14H14N4S2. The first-order valence-electron chi connectivity index (χ1n) is 6.69. The number of nitrogens with zero attached hydrogens (tertiary/aromatic N) is 2. The van der Waals surface area contributed by atoms with Crippen molar-refractivity contribution < 1.29 is 0 Å². The number of anilines is 1. The Kier molecular flexibility index (Phi) is 2.85. The predicted octanol–water partition coefficient (Wildman–Crippen LogP) is 3.72. The number of nitrogens with one attached hydrogen (secondary N) is 1. The van der Waals surface area contributed by atoms with E-state index in [0.29, 0.717) is 0 Å². The normalized spacial score (nSPS) is 14.4. The zero-order valence-corrected chi connectivity index (χ0v) is 12.5. The van der Waals surface area contributed by atoms with Gasteiger partial charge in [0.15, 0.2) is 11.6 Å².